The maximum Gasteiger partial charge on any atom is 0.270 e. The third-order valence-electron chi connectivity index (χ3n) is 2.75. The van der Waals surface area contributed by atoms with Crippen LogP contribution in [-0.2, 0) is 9.59 Å². The van der Waals surface area contributed by atoms with E-state index in [0.29, 0.717) is 22.3 Å². The van der Waals surface area contributed by atoms with E-state index in [1.165, 1.54) is 12.3 Å². The van der Waals surface area contributed by atoms with Gasteiger partial charge in [0.1, 0.15) is 0 Å². The number of rotatable bonds is 2. The molecule has 0 saturated heterocycles. The number of carbonyl (C=O) groups excluding carboxylic acids is 2. The lowest BCUT2D eigenvalue weighted by molar-refractivity contribution is -0.118. The summed E-state index contributed by atoms with van der Waals surface area (Å²) in [6.07, 6.45) is 3.29. The van der Waals surface area contributed by atoms with Gasteiger partial charge in [-0.1, -0.05) is 32.4 Å². The van der Waals surface area contributed by atoms with Crippen molar-refractivity contribution in [3.8, 4) is 0 Å². The maximum atomic E-state index is 11.9. The molecule has 2 amide bonds. The Balaban J connectivity index is 2.31. The average molecular weight is 292 g/mol. The molecule has 0 aromatic heterocycles. The molecule has 0 unspecified atom stereocenters. The number of benzene rings is 1. The molecule has 0 spiro atoms. The summed E-state index contributed by atoms with van der Waals surface area (Å²) >= 11 is 6.14. The van der Waals surface area contributed by atoms with Crippen LogP contribution in [-0.4, -0.2) is 11.8 Å². The number of fused-ring (bicyclic) bond motifs is 1. The van der Waals surface area contributed by atoms with Crippen LogP contribution in [0.2, 0.25) is 5.02 Å². The lowest BCUT2D eigenvalue weighted by Gasteiger charge is -2.17. The van der Waals surface area contributed by atoms with Crippen LogP contribution in [0, 0.1) is 5.41 Å². The molecule has 20 heavy (non-hydrogen) atoms. The summed E-state index contributed by atoms with van der Waals surface area (Å²) in [4.78, 5) is 23.2. The molecule has 105 valence electrons. The summed E-state index contributed by atoms with van der Waals surface area (Å²) in [5, 5.41) is 8.38. The van der Waals surface area contributed by atoms with Gasteiger partial charge in [0.05, 0.1) is 10.7 Å². The molecule has 4 nitrogen and oxygen atoms in total. The standard InChI is InChI=1S/C15H16ClN2O2/c1-15(2,3)7-14(20)18-12-5-9-6-13(19)17-8-10(9)4-11(12)16/h4-6,8H,7H2,1-3H3,(H,18,20). The number of hydrogen-bond donors (Lipinski definition) is 1. The van der Waals surface area contributed by atoms with Gasteiger partial charge in [-0.3, -0.25) is 9.59 Å². The van der Waals surface area contributed by atoms with Gasteiger partial charge in [-0.15, -0.1) is 0 Å². The van der Waals surface area contributed by atoms with Crippen molar-refractivity contribution in [2.45, 2.75) is 27.2 Å². The fourth-order valence-electron chi connectivity index (χ4n) is 1.92. The highest BCUT2D eigenvalue weighted by molar-refractivity contribution is 6.33. The van der Waals surface area contributed by atoms with Crippen molar-refractivity contribution in [3.05, 3.63) is 27.6 Å². The summed E-state index contributed by atoms with van der Waals surface area (Å²) < 4.78 is 0. The Morgan fingerprint density at radius 2 is 2.00 bits per heavy atom. The molecular formula is C15H16ClN2O2. The van der Waals surface area contributed by atoms with E-state index in [0.717, 1.165) is 5.22 Å². The van der Waals surface area contributed by atoms with Crippen molar-refractivity contribution >= 4 is 41.4 Å². The van der Waals surface area contributed by atoms with Crippen molar-refractivity contribution in [2.75, 3.05) is 5.32 Å². The zero-order valence-corrected chi connectivity index (χ0v) is 12.4. The molecule has 1 aromatic rings. The van der Waals surface area contributed by atoms with Gasteiger partial charge in [0.25, 0.3) is 5.91 Å². The highest BCUT2D eigenvalue weighted by Gasteiger charge is 2.17. The van der Waals surface area contributed by atoms with Crippen molar-refractivity contribution < 1.29 is 9.59 Å². The lowest BCUT2D eigenvalue weighted by atomic mass is 9.92. The molecule has 5 heteroatoms. The van der Waals surface area contributed by atoms with Crippen LogP contribution >= 0.6 is 11.6 Å². The molecule has 1 radical (unpaired) electrons. The summed E-state index contributed by atoms with van der Waals surface area (Å²) in [7, 11) is 0. The Hall–Kier alpha value is -1.81. The van der Waals surface area contributed by atoms with E-state index >= 15 is 0 Å². The van der Waals surface area contributed by atoms with Crippen molar-refractivity contribution in [2.24, 2.45) is 5.41 Å². The second kappa shape index (κ2) is 5.29. The largest absolute Gasteiger partial charge is 0.325 e. The molecule has 1 aliphatic rings. The van der Waals surface area contributed by atoms with Gasteiger partial charge in [-0.25, -0.2) is 5.32 Å². The second-order valence-electron chi connectivity index (χ2n) is 5.99. The van der Waals surface area contributed by atoms with Crippen LogP contribution in [0.25, 0.3) is 12.3 Å². The summed E-state index contributed by atoms with van der Waals surface area (Å²) in [6.45, 7) is 5.97. The first-order chi connectivity index (χ1) is 9.24. The molecule has 0 saturated carbocycles. The van der Waals surface area contributed by atoms with Gasteiger partial charge in [-0.05, 0) is 22.8 Å². The van der Waals surface area contributed by atoms with E-state index < -0.39 is 0 Å². The topological polar surface area (TPSA) is 60.3 Å². The fourth-order valence-corrected chi connectivity index (χ4v) is 2.14. The first-order valence-corrected chi connectivity index (χ1v) is 6.68. The molecule has 2 rings (SSSR count). The van der Waals surface area contributed by atoms with Gasteiger partial charge in [0, 0.05) is 23.9 Å². The van der Waals surface area contributed by atoms with Crippen LogP contribution in [0.5, 0.6) is 0 Å². The van der Waals surface area contributed by atoms with Gasteiger partial charge in [0.15, 0.2) is 0 Å². The molecule has 0 aliphatic carbocycles. The predicted octanol–water partition coefficient (Wildman–Crippen LogP) is 1.38. The first-order valence-electron chi connectivity index (χ1n) is 6.31. The molecule has 1 N–H and O–H groups in total. The van der Waals surface area contributed by atoms with E-state index in [9.17, 15) is 9.59 Å². The number of amides is 2. The number of carbonyl (C=O) groups is 2. The van der Waals surface area contributed by atoms with Crippen LogP contribution in [0.3, 0.4) is 0 Å². The molecular weight excluding hydrogens is 276 g/mol. The minimum atomic E-state index is -0.313. The van der Waals surface area contributed by atoms with Crippen molar-refractivity contribution in [1.29, 1.82) is 0 Å². The maximum absolute atomic E-state index is 11.9. The third-order valence-corrected chi connectivity index (χ3v) is 3.06. The van der Waals surface area contributed by atoms with E-state index in [-0.39, 0.29) is 17.2 Å². The van der Waals surface area contributed by atoms with E-state index in [2.05, 4.69) is 10.6 Å². The third kappa shape index (κ3) is 3.61. The molecule has 0 atom stereocenters. The van der Waals surface area contributed by atoms with E-state index in [1.807, 2.05) is 20.8 Å². The summed E-state index contributed by atoms with van der Waals surface area (Å²) in [5.74, 6) is -0.415. The fraction of sp³-hybridized carbons (Fsp3) is 0.333. The Labute approximate surface area is 122 Å². The highest BCUT2D eigenvalue weighted by Crippen LogP contribution is 2.22. The zero-order valence-electron chi connectivity index (χ0n) is 11.7. The average Bonchev–Trinajstić information content (AvgIpc) is 2.28. The Morgan fingerprint density at radius 3 is 2.65 bits per heavy atom. The Kier molecular flexibility index (Phi) is 3.86. The van der Waals surface area contributed by atoms with Crippen LogP contribution in [0.4, 0.5) is 5.69 Å². The van der Waals surface area contributed by atoms with E-state index in [1.54, 1.807) is 12.1 Å². The monoisotopic (exact) mass is 291 g/mol. The van der Waals surface area contributed by atoms with Crippen LogP contribution < -0.4 is 21.1 Å². The first kappa shape index (κ1) is 14.6. The normalized spacial score (nSPS) is 13.7. The molecule has 1 aromatic carbocycles. The number of anilines is 1. The predicted molar refractivity (Wildman–Crippen MR) is 79.5 cm³/mol. The van der Waals surface area contributed by atoms with Crippen LogP contribution in [0.15, 0.2) is 12.1 Å². The van der Waals surface area contributed by atoms with Gasteiger partial charge in [-0.2, -0.15) is 0 Å². The summed E-state index contributed by atoms with van der Waals surface area (Å²) in [5.41, 5.74) is 0.415. The quantitative estimate of drug-likeness (QED) is 0.895. The molecule has 1 heterocycles. The smallest absolute Gasteiger partial charge is 0.270 e. The number of nitrogens with one attached hydrogen (secondary N) is 1. The van der Waals surface area contributed by atoms with E-state index in [4.69, 9.17) is 11.6 Å². The molecule has 0 bridgehead atoms. The highest BCUT2D eigenvalue weighted by atomic mass is 35.5. The van der Waals surface area contributed by atoms with Crippen molar-refractivity contribution in [3.63, 3.8) is 0 Å². The number of nitrogens with zero attached hydrogens (tertiary/aromatic N) is 1. The Morgan fingerprint density at radius 1 is 1.30 bits per heavy atom. The lowest BCUT2D eigenvalue weighted by Crippen LogP contribution is -2.33. The minimum Gasteiger partial charge on any atom is -0.325 e. The molecule has 1 aliphatic heterocycles. The zero-order chi connectivity index (χ0) is 14.9. The van der Waals surface area contributed by atoms with Gasteiger partial charge < -0.3 is 5.32 Å². The number of halogens is 1. The second-order valence-corrected chi connectivity index (χ2v) is 6.39. The van der Waals surface area contributed by atoms with Crippen molar-refractivity contribution in [1.82, 2.24) is 5.32 Å². The SMILES string of the molecule is CC(C)(C)CC(=O)Nc1cc2c(cc1Cl)=C[N]C(=O)C=2. The van der Waals surface area contributed by atoms with Gasteiger partial charge >= 0.3 is 0 Å². The van der Waals surface area contributed by atoms with Crippen LogP contribution in [0.1, 0.15) is 27.2 Å². The minimum absolute atomic E-state index is 0.0977. The Bertz CT molecular complexity index is 687. The van der Waals surface area contributed by atoms with Gasteiger partial charge in [0.2, 0.25) is 5.91 Å². The summed E-state index contributed by atoms with van der Waals surface area (Å²) in [6, 6.07) is 3.39. The number of hydrogen-bond acceptors (Lipinski definition) is 2. The molecule has 0 fully saturated rings.